The Balaban J connectivity index is 1.15. The molecule has 1 aliphatic carbocycles. The number of hydrogen-bond donors (Lipinski definition) is 1. The highest BCUT2D eigenvalue weighted by atomic mass is 35.5. The van der Waals surface area contributed by atoms with Crippen LogP contribution in [-0.4, -0.2) is 63.9 Å². The summed E-state index contributed by atoms with van der Waals surface area (Å²) in [6.07, 6.45) is 2.71. The van der Waals surface area contributed by atoms with Gasteiger partial charge < -0.3 is 10.2 Å². The molecule has 1 aliphatic heterocycles. The zero-order valence-corrected chi connectivity index (χ0v) is 20.2. The van der Waals surface area contributed by atoms with Crippen LogP contribution in [-0.2, 0) is 16.0 Å². The summed E-state index contributed by atoms with van der Waals surface area (Å²) < 4.78 is 1.80. The maximum atomic E-state index is 13.0. The molecule has 9 heteroatoms. The van der Waals surface area contributed by atoms with Crippen molar-refractivity contribution in [3.05, 3.63) is 69.7 Å². The third-order valence-electron chi connectivity index (χ3n) is 6.60. The molecule has 2 fully saturated rings. The van der Waals surface area contributed by atoms with Gasteiger partial charge in [0.2, 0.25) is 11.8 Å². The van der Waals surface area contributed by atoms with Gasteiger partial charge in [-0.05, 0) is 37.1 Å². The molecule has 0 spiro atoms. The maximum absolute atomic E-state index is 13.0. The fourth-order valence-corrected chi connectivity index (χ4v) is 4.75. The Morgan fingerprint density at radius 3 is 2.46 bits per heavy atom. The Labute approximate surface area is 208 Å². The van der Waals surface area contributed by atoms with Gasteiger partial charge >= 0.3 is 0 Å². The van der Waals surface area contributed by atoms with Crippen molar-refractivity contribution in [3.63, 3.8) is 0 Å². The molecule has 5 rings (SSSR count). The highest BCUT2D eigenvalue weighted by molar-refractivity contribution is 6.33. The van der Waals surface area contributed by atoms with Crippen LogP contribution in [0.3, 0.4) is 0 Å². The van der Waals surface area contributed by atoms with E-state index in [1.54, 1.807) is 16.7 Å². The monoisotopic (exact) mass is 493 g/mol. The largest absolute Gasteiger partial charge is 0.340 e. The fraction of sp³-hybridized carbons (Fsp3) is 0.385. The van der Waals surface area contributed by atoms with Crippen molar-refractivity contribution < 1.29 is 9.59 Å². The third-order valence-corrected chi connectivity index (χ3v) is 6.93. The third kappa shape index (κ3) is 5.39. The van der Waals surface area contributed by atoms with Crippen molar-refractivity contribution in [2.24, 2.45) is 0 Å². The van der Waals surface area contributed by atoms with E-state index in [2.05, 4.69) is 5.32 Å². The van der Waals surface area contributed by atoms with E-state index in [1.807, 2.05) is 46.2 Å². The molecule has 0 radical (unpaired) electrons. The molecule has 0 bridgehead atoms. The van der Waals surface area contributed by atoms with Gasteiger partial charge in [0.05, 0.1) is 28.2 Å². The van der Waals surface area contributed by atoms with Gasteiger partial charge in [-0.25, -0.2) is 4.98 Å². The quantitative estimate of drug-likeness (QED) is 0.546. The molecular weight excluding hydrogens is 466 g/mol. The molecule has 1 saturated carbocycles. The van der Waals surface area contributed by atoms with E-state index in [4.69, 9.17) is 16.6 Å². The normalized spacial score (nSPS) is 16.4. The minimum Gasteiger partial charge on any atom is -0.340 e. The van der Waals surface area contributed by atoms with Crippen LogP contribution in [0.25, 0.3) is 10.9 Å². The number of nitrogens with zero attached hydrogens (tertiary/aromatic N) is 4. The predicted octanol–water partition coefficient (Wildman–Crippen LogP) is 3.10. The number of hydrogen-bond acceptors (Lipinski definition) is 5. The fourth-order valence-electron chi connectivity index (χ4n) is 4.57. The number of nitrogens with one attached hydrogen (secondary N) is 1. The second-order valence-electron chi connectivity index (χ2n) is 9.14. The SMILES string of the molecule is O=C(CN1CCN(C(=O)CCc2nc3ccccc3c(=O)n2C2CC2)CC1)Nc1ccccc1Cl. The van der Waals surface area contributed by atoms with Crippen LogP contribution in [0.4, 0.5) is 5.69 Å². The summed E-state index contributed by atoms with van der Waals surface area (Å²) in [7, 11) is 0. The van der Waals surface area contributed by atoms with Crippen LogP contribution in [0.15, 0.2) is 53.3 Å². The number of aromatic nitrogens is 2. The molecule has 8 nitrogen and oxygen atoms in total. The van der Waals surface area contributed by atoms with Crippen molar-refractivity contribution in [1.82, 2.24) is 19.4 Å². The molecule has 1 N–H and O–H groups in total. The van der Waals surface area contributed by atoms with Gasteiger partial charge in [0.1, 0.15) is 5.82 Å². The van der Waals surface area contributed by atoms with Crippen LogP contribution in [0, 0.1) is 0 Å². The predicted molar refractivity (Wildman–Crippen MR) is 136 cm³/mol. The molecule has 182 valence electrons. The summed E-state index contributed by atoms with van der Waals surface area (Å²) >= 11 is 6.11. The van der Waals surface area contributed by atoms with Gasteiger partial charge in [0, 0.05) is 45.1 Å². The van der Waals surface area contributed by atoms with E-state index < -0.39 is 0 Å². The lowest BCUT2D eigenvalue weighted by molar-refractivity contribution is -0.133. The summed E-state index contributed by atoms with van der Waals surface area (Å²) in [5.74, 6) is 0.618. The molecule has 35 heavy (non-hydrogen) atoms. The number of piperazine rings is 1. The first kappa shape index (κ1) is 23.5. The summed E-state index contributed by atoms with van der Waals surface area (Å²) in [4.78, 5) is 46.9. The van der Waals surface area contributed by atoms with E-state index in [0.717, 1.165) is 12.8 Å². The second-order valence-corrected chi connectivity index (χ2v) is 9.54. The second kappa shape index (κ2) is 10.2. The first-order valence-corrected chi connectivity index (χ1v) is 12.4. The summed E-state index contributed by atoms with van der Waals surface area (Å²) in [5.41, 5.74) is 1.27. The minimum atomic E-state index is -0.127. The number of benzene rings is 2. The van der Waals surface area contributed by atoms with E-state index in [-0.39, 0.29) is 30.0 Å². The van der Waals surface area contributed by atoms with Gasteiger partial charge in [-0.2, -0.15) is 0 Å². The topological polar surface area (TPSA) is 87.5 Å². The summed E-state index contributed by atoms with van der Waals surface area (Å²) in [5, 5.41) is 3.97. The molecule has 2 aromatic carbocycles. The van der Waals surface area contributed by atoms with Gasteiger partial charge in [0.25, 0.3) is 5.56 Å². The first-order valence-electron chi connectivity index (χ1n) is 12.0. The molecule has 3 aromatic rings. The van der Waals surface area contributed by atoms with Crippen molar-refractivity contribution in [2.75, 3.05) is 38.0 Å². The van der Waals surface area contributed by atoms with Gasteiger partial charge in [0.15, 0.2) is 0 Å². The average Bonchev–Trinajstić information content (AvgIpc) is 3.70. The molecule has 1 aromatic heterocycles. The average molecular weight is 494 g/mol. The number of amides is 2. The van der Waals surface area contributed by atoms with Crippen LogP contribution in [0.2, 0.25) is 5.02 Å². The van der Waals surface area contributed by atoms with Crippen molar-refractivity contribution >= 4 is 40.0 Å². The minimum absolute atomic E-state index is 0.00997. The summed E-state index contributed by atoms with van der Waals surface area (Å²) in [6, 6.07) is 14.7. The number of carbonyl (C=O) groups is 2. The van der Waals surface area contributed by atoms with E-state index in [9.17, 15) is 14.4 Å². The van der Waals surface area contributed by atoms with Crippen LogP contribution in [0.1, 0.15) is 31.1 Å². The number of aryl methyl sites for hydroxylation is 1. The zero-order valence-electron chi connectivity index (χ0n) is 19.5. The first-order chi connectivity index (χ1) is 17.0. The Kier molecular flexibility index (Phi) is 6.83. The summed E-state index contributed by atoms with van der Waals surface area (Å²) in [6.45, 7) is 2.64. The number of rotatable bonds is 7. The molecule has 2 heterocycles. The lowest BCUT2D eigenvalue weighted by atomic mass is 10.2. The lowest BCUT2D eigenvalue weighted by Crippen LogP contribution is -2.50. The smallest absolute Gasteiger partial charge is 0.261 e. The Morgan fingerprint density at radius 2 is 1.71 bits per heavy atom. The number of carbonyl (C=O) groups excluding carboxylic acids is 2. The number of halogens is 1. The van der Waals surface area contributed by atoms with Crippen molar-refractivity contribution in [2.45, 2.75) is 31.7 Å². The van der Waals surface area contributed by atoms with Gasteiger partial charge in [-0.1, -0.05) is 35.9 Å². The van der Waals surface area contributed by atoms with Crippen molar-refractivity contribution in [3.8, 4) is 0 Å². The molecule has 0 unspecified atom stereocenters. The van der Waals surface area contributed by atoms with E-state index in [1.165, 1.54) is 0 Å². The zero-order chi connectivity index (χ0) is 24.4. The molecule has 2 aliphatic rings. The molecule has 0 atom stereocenters. The van der Waals surface area contributed by atoms with Crippen LogP contribution < -0.4 is 10.9 Å². The Bertz CT molecular complexity index is 1310. The van der Waals surface area contributed by atoms with Crippen LogP contribution >= 0.6 is 11.6 Å². The highest BCUT2D eigenvalue weighted by Gasteiger charge is 2.29. The lowest BCUT2D eigenvalue weighted by Gasteiger charge is -2.34. The van der Waals surface area contributed by atoms with Gasteiger partial charge in [-0.15, -0.1) is 0 Å². The number of para-hydroxylation sites is 2. The van der Waals surface area contributed by atoms with E-state index >= 15 is 0 Å². The van der Waals surface area contributed by atoms with E-state index in [0.29, 0.717) is 66.5 Å². The Hall–Kier alpha value is -3.23. The van der Waals surface area contributed by atoms with Crippen LogP contribution in [0.5, 0.6) is 0 Å². The number of anilines is 1. The van der Waals surface area contributed by atoms with Crippen molar-refractivity contribution in [1.29, 1.82) is 0 Å². The highest BCUT2D eigenvalue weighted by Crippen LogP contribution is 2.35. The maximum Gasteiger partial charge on any atom is 0.261 e. The van der Waals surface area contributed by atoms with Gasteiger partial charge in [-0.3, -0.25) is 23.9 Å². The standard InChI is InChI=1S/C26H28ClN5O3/c27-20-6-2-4-8-22(20)29-24(33)17-30-13-15-31(16-14-30)25(34)12-11-23-28-21-7-3-1-5-19(21)26(35)32(23)18-9-10-18/h1-8,18H,9-17H2,(H,29,33). The molecule has 2 amide bonds. The molecule has 1 saturated heterocycles. The molecular formula is C26H28ClN5O3. The number of fused-ring (bicyclic) bond motifs is 1. The Morgan fingerprint density at radius 1 is 1.00 bits per heavy atom.